The highest BCUT2D eigenvalue weighted by molar-refractivity contribution is 7.95. The smallest absolute Gasteiger partial charge is 0.264 e. The van der Waals surface area contributed by atoms with E-state index in [1.807, 2.05) is 97.9 Å². The number of ether oxygens (including phenoxy) is 3. The zero-order valence-electron chi connectivity index (χ0n) is 25.3. The molecule has 0 aliphatic rings. The van der Waals surface area contributed by atoms with Gasteiger partial charge in [0.1, 0.15) is 18.3 Å². The van der Waals surface area contributed by atoms with E-state index in [9.17, 15) is 16.8 Å². The molecule has 0 aliphatic heterocycles. The molecule has 0 spiro atoms. The summed E-state index contributed by atoms with van der Waals surface area (Å²) in [6.07, 6.45) is -3.00. The molecule has 10 heteroatoms. The Balaban J connectivity index is 1.74. The van der Waals surface area contributed by atoms with Crippen LogP contribution in [0.25, 0.3) is 0 Å². The number of rotatable bonds is 17. The van der Waals surface area contributed by atoms with E-state index in [0.29, 0.717) is 0 Å². The molecule has 0 radical (unpaired) electrons. The number of hydrogen-bond donors (Lipinski definition) is 0. The van der Waals surface area contributed by atoms with Crippen LogP contribution in [-0.4, -0.2) is 48.0 Å². The lowest BCUT2D eigenvalue weighted by Gasteiger charge is -2.34. The van der Waals surface area contributed by atoms with Gasteiger partial charge in [0.2, 0.25) is 9.84 Å². The fourth-order valence-corrected chi connectivity index (χ4v) is 6.50. The molecule has 0 saturated heterocycles. The first-order valence-corrected chi connectivity index (χ1v) is 17.6. The Morgan fingerprint density at radius 3 is 1.62 bits per heavy atom. The first-order valence-electron chi connectivity index (χ1n) is 14.3. The molecule has 3 atom stereocenters. The third-order valence-corrected chi connectivity index (χ3v) is 9.32. The van der Waals surface area contributed by atoms with Crippen molar-refractivity contribution in [2.24, 2.45) is 0 Å². The Hall–Kier alpha value is -3.64. The molecule has 0 heterocycles. The summed E-state index contributed by atoms with van der Waals surface area (Å²) in [5, 5.41) is 0. The minimum absolute atomic E-state index is 0.00436. The molecule has 8 nitrogen and oxygen atoms in total. The monoisotopic (exact) mass is 650 g/mol. The van der Waals surface area contributed by atoms with Gasteiger partial charge in [-0.3, -0.25) is 4.18 Å². The van der Waals surface area contributed by atoms with E-state index in [-0.39, 0.29) is 36.2 Å². The van der Waals surface area contributed by atoms with Gasteiger partial charge in [-0.1, -0.05) is 115 Å². The summed E-state index contributed by atoms with van der Waals surface area (Å²) in [7, 11) is -8.23. The fraction of sp³-hybridized carbons (Fsp3) is 0.257. The summed E-state index contributed by atoms with van der Waals surface area (Å²) in [4.78, 5) is -0.278. The molecule has 0 N–H and O–H groups in total. The van der Waals surface area contributed by atoms with Crippen molar-refractivity contribution in [3.63, 3.8) is 0 Å². The Bertz CT molecular complexity index is 1710. The van der Waals surface area contributed by atoms with Crippen molar-refractivity contribution < 1.29 is 35.2 Å². The van der Waals surface area contributed by atoms with E-state index in [4.69, 9.17) is 18.4 Å². The van der Waals surface area contributed by atoms with E-state index >= 15 is 0 Å². The third kappa shape index (κ3) is 10.5. The van der Waals surface area contributed by atoms with Crippen molar-refractivity contribution in [1.29, 1.82) is 0 Å². The lowest BCUT2D eigenvalue weighted by molar-refractivity contribution is -0.125. The van der Waals surface area contributed by atoms with Gasteiger partial charge in [-0.25, -0.2) is 8.42 Å². The number of hydrogen-bond acceptors (Lipinski definition) is 8. The van der Waals surface area contributed by atoms with Gasteiger partial charge in [0.05, 0.1) is 42.5 Å². The minimum Gasteiger partial charge on any atom is -0.374 e. The predicted octanol–water partition coefficient (Wildman–Crippen LogP) is 6.01. The van der Waals surface area contributed by atoms with Crippen LogP contribution in [0.1, 0.15) is 22.3 Å². The van der Waals surface area contributed by atoms with Crippen LogP contribution in [0.15, 0.2) is 132 Å². The summed E-state index contributed by atoms with van der Waals surface area (Å²) in [5.74, 6) is 0. The summed E-state index contributed by atoms with van der Waals surface area (Å²) in [6, 6.07) is 34.1. The lowest BCUT2D eigenvalue weighted by atomic mass is 10.1. The highest BCUT2D eigenvalue weighted by Gasteiger charge is 2.40. The summed E-state index contributed by atoms with van der Waals surface area (Å²) in [6.45, 7) is 5.76. The normalized spacial score (nSPS) is 14.0. The fourth-order valence-electron chi connectivity index (χ4n) is 4.58. The largest absolute Gasteiger partial charge is 0.374 e. The van der Waals surface area contributed by atoms with Gasteiger partial charge >= 0.3 is 0 Å². The van der Waals surface area contributed by atoms with E-state index in [2.05, 4.69) is 6.58 Å². The molecule has 0 aliphatic carbocycles. The molecule has 0 bridgehead atoms. The molecule has 0 fully saturated rings. The van der Waals surface area contributed by atoms with Gasteiger partial charge in [0.25, 0.3) is 10.1 Å². The Labute approximate surface area is 266 Å². The summed E-state index contributed by atoms with van der Waals surface area (Å²) in [5.41, 5.74) is 3.30. The van der Waals surface area contributed by atoms with Crippen molar-refractivity contribution >= 4 is 20.0 Å². The molecular formula is C35H38O8S2. The minimum atomic E-state index is -4.17. The maximum Gasteiger partial charge on any atom is 0.264 e. The van der Waals surface area contributed by atoms with E-state index in [1.54, 1.807) is 12.1 Å². The van der Waals surface area contributed by atoms with E-state index in [1.165, 1.54) is 12.1 Å². The standard InChI is InChI=1S/C35H38O8S2/c1-27-19-21-32(22-20-27)45(38,39)28(2)34(41-24-30-15-9-5-10-16-30)35(42-25-31-17-11-6-12-18-31)33(43-44(3,36)37)26-40-23-29-13-7-4-8-14-29/h4-22,33-35H,2,23-26H2,1,3H3/t33-,34+,35+/m1/s1. The second-order valence-corrected chi connectivity index (χ2v) is 14.2. The van der Waals surface area contributed by atoms with E-state index in [0.717, 1.165) is 28.5 Å². The van der Waals surface area contributed by atoms with Crippen molar-refractivity contribution in [2.45, 2.75) is 50.0 Å². The second kappa shape index (κ2) is 16.1. The molecule has 238 valence electrons. The average molecular weight is 651 g/mol. The van der Waals surface area contributed by atoms with Crippen LogP contribution in [0, 0.1) is 6.92 Å². The lowest BCUT2D eigenvalue weighted by Crippen LogP contribution is -2.47. The maximum absolute atomic E-state index is 14.0. The molecule has 0 amide bonds. The molecule has 45 heavy (non-hydrogen) atoms. The second-order valence-electron chi connectivity index (χ2n) is 10.6. The van der Waals surface area contributed by atoms with Crippen molar-refractivity contribution in [3.8, 4) is 0 Å². The molecule has 0 unspecified atom stereocenters. The topological polar surface area (TPSA) is 105 Å². The zero-order valence-corrected chi connectivity index (χ0v) is 27.0. The Kier molecular flexibility index (Phi) is 12.2. The first kappa shape index (κ1) is 34.2. The van der Waals surface area contributed by atoms with Crippen LogP contribution in [0.2, 0.25) is 0 Å². The quantitative estimate of drug-likeness (QED) is 0.128. The molecule has 0 aromatic heterocycles. The van der Waals surface area contributed by atoms with Crippen LogP contribution in [0.4, 0.5) is 0 Å². The van der Waals surface area contributed by atoms with Gasteiger partial charge in [-0.15, -0.1) is 0 Å². The van der Waals surface area contributed by atoms with Crippen LogP contribution in [0.5, 0.6) is 0 Å². The van der Waals surface area contributed by atoms with Gasteiger partial charge < -0.3 is 14.2 Å². The number of benzene rings is 4. The average Bonchev–Trinajstić information content (AvgIpc) is 3.03. The number of aryl methyl sites for hydroxylation is 1. The molecule has 0 saturated carbocycles. The van der Waals surface area contributed by atoms with Crippen LogP contribution in [-0.2, 0) is 58.2 Å². The summed E-state index contributed by atoms with van der Waals surface area (Å²) >= 11 is 0. The highest BCUT2D eigenvalue weighted by atomic mass is 32.2. The van der Waals surface area contributed by atoms with Crippen molar-refractivity contribution in [3.05, 3.63) is 149 Å². The van der Waals surface area contributed by atoms with Gasteiger partial charge in [0.15, 0.2) is 0 Å². The number of sulfone groups is 1. The Morgan fingerprint density at radius 1 is 0.667 bits per heavy atom. The van der Waals surface area contributed by atoms with Gasteiger partial charge in [-0.2, -0.15) is 8.42 Å². The third-order valence-electron chi connectivity index (χ3n) is 6.91. The SMILES string of the molecule is C=C([C@H](OCc1ccccc1)[C@@H](OCc1ccccc1)[C@@H](COCc1ccccc1)OS(C)(=O)=O)S(=O)(=O)c1ccc(C)cc1. The highest BCUT2D eigenvalue weighted by Crippen LogP contribution is 2.30. The predicted molar refractivity (Wildman–Crippen MR) is 173 cm³/mol. The molecule has 4 aromatic rings. The summed E-state index contributed by atoms with van der Waals surface area (Å²) < 4.78 is 77.2. The molecule has 4 rings (SSSR count). The van der Waals surface area contributed by atoms with E-state index < -0.39 is 38.3 Å². The van der Waals surface area contributed by atoms with Gasteiger partial charge in [0, 0.05) is 0 Å². The molecule has 4 aromatic carbocycles. The van der Waals surface area contributed by atoms with Crippen LogP contribution >= 0.6 is 0 Å². The van der Waals surface area contributed by atoms with Crippen LogP contribution in [0.3, 0.4) is 0 Å². The maximum atomic E-state index is 14.0. The van der Waals surface area contributed by atoms with Crippen molar-refractivity contribution in [1.82, 2.24) is 0 Å². The zero-order chi connectivity index (χ0) is 32.3. The Morgan fingerprint density at radius 2 is 1.13 bits per heavy atom. The molecular weight excluding hydrogens is 613 g/mol. The van der Waals surface area contributed by atoms with Crippen LogP contribution < -0.4 is 0 Å². The van der Waals surface area contributed by atoms with Crippen molar-refractivity contribution in [2.75, 3.05) is 12.9 Å². The first-order chi connectivity index (χ1) is 21.5. The van der Waals surface area contributed by atoms with Gasteiger partial charge in [-0.05, 0) is 35.7 Å².